The maximum Gasteiger partial charge on any atom is 0.415 e. The summed E-state index contributed by atoms with van der Waals surface area (Å²) < 4.78 is 45.4. The molecule has 1 aromatic heterocycles. The Bertz CT molecular complexity index is 1220. The molecule has 0 spiro atoms. The van der Waals surface area contributed by atoms with E-state index in [4.69, 9.17) is 4.74 Å². The zero-order chi connectivity index (χ0) is 24.7. The quantitative estimate of drug-likeness (QED) is 0.326. The first-order valence-electron chi connectivity index (χ1n) is 11.0. The first-order valence-corrected chi connectivity index (χ1v) is 11.0. The van der Waals surface area contributed by atoms with E-state index in [0.29, 0.717) is 17.3 Å². The minimum Gasteiger partial charge on any atom is -0.457 e. The van der Waals surface area contributed by atoms with Gasteiger partial charge in [0.1, 0.15) is 11.5 Å². The average Bonchev–Trinajstić information content (AvgIpc) is 2.85. The fraction of sp³-hybridized carbons (Fsp3) is 0.185. The van der Waals surface area contributed by atoms with Crippen molar-refractivity contribution >= 4 is 0 Å². The minimum absolute atomic E-state index is 0.186. The summed E-state index contributed by atoms with van der Waals surface area (Å²) in [5, 5.41) is 9.78. The lowest BCUT2D eigenvalue weighted by Crippen LogP contribution is -2.40. The third-order valence-corrected chi connectivity index (χ3v) is 5.25. The topological polar surface area (TPSA) is 58.5 Å². The van der Waals surface area contributed by atoms with Crippen molar-refractivity contribution in [2.75, 3.05) is 6.54 Å². The smallest absolute Gasteiger partial charge is 0.415 e. The van der Waals surface area contributed by atoms with Gasteiger partial charge in [-0.05, 0) is 47.5 Å². The van der Waals surface area contributed by atoms with Crippen LogP contribution in [0, 0.1) is 0 Å². The fourth-order valence-corrected chi connectivity index (χ4v) is 3.64. The third-order valence-electron chi connectivity index (χ3n) is 5.25. The lowest BCUT2D eigenvalue weighted by atomic mass is 10.1. The summed E-state index contributed by atoms with van der Waals surface area (Å²) in [6, 6.07) is 25.5. The molecule has 3 aromatic carbocycles. The van der Waals surface area contributed by atoms with E-state index in [-0.39, 0.29) is 13.1 Å². The third kappa shape index (κ3) is 7.11. The molecule has 0 amide bonds. The Morgan fingerprint density at radius 1 is 0.771 bits per heavy atom. The Morgan fingerprint density at radius 3 is 2.09 bits per heavy atom. The lowest BCUT2D eigenvalue weighted by molar-refractivity contribution is -0.208. The molecule has 8 heteroatoms. The molecule has 1 atom stereocenters. The Hall–Kier alpha value is -3.75. The highest BCUT2D eigenvalue weighted by Crippen LogP contribution is 2.25. The summed E-state index contributed by atoms with van der Waals surface area (Å²) in [4.78, 5) is 10.0. The Kier molecular flexibility index (Phi) is 7.74. The highest BCUT2D eigenvalue weighted by Gasteiger charge is 2.39. The Morgan fingerprint density at radius 2 is 1.40 bits per heavy atom. The van der Waals surface area contributed by atoms with Crippen LogP contribution < -0.4 is 4.74 Å². The Labute approximate surface area is 201 Å². The van der Waals surface area contributed by atoms with Crippen LogP contribution in [0.3, 0.4) is 0 Å². The van der Waals surface area contributed by atoms with Crippen molar-refractivity contribution in [3.05, 3.63) is 108 Å². The van der Waals surface area contributed by atoms with Gasteiger partial charge in [0.2, 0.25) is 0 Å². The maximum atomic E-state index is 13.2. The molecular weight excluding hydrogens is 455 g/mol. The van der Waals surface area contributed by atoms with Gasteiger partial charge in [0.25, 0.3) is 0 Å². The number of nitrogens with zero attached hydrogens (tertiary/aromatic N) is 3. The largest absolute Gasteiger partial charge is 0.457 e. The predicted octanol–water partition coefficient (Wildman–Crippen LogP) is 5.86. The second-order valence-corrected chi connectivity index (χ2v) is 8.06. The van der Waals surface area contributed by atoms with Crippen LogP contribution in [0.5, 0.6) is 11.5 Å². The first-order chi connectivity index (χ1) is 16.9. The zero-order valence-electron chi connectivity index (χ0n) is 18.8. The number of hydrogen-bond donors (Lipinski definition) is 1. The van der Waals surface area contributed by atoms with Crippen LogP contribution in [0.15, 0.2) is 97.3 Å². The van der Waals surface area contributed by atoms with Crippen molar-refractivity contribution in [1.82, 2.24) is 14.9 Å². The number of hydrogen-bond acceptors (Lipinski definition) is 5. The molecular formula is C27H24F3N3O2. The van der Waals surface area contributed by atoms with Gasteiger partial charge in [0.15, 0.2) is 11.9 Å². The number of halogens is 3. The van der Waals surface area contributed by atoms with Crippen LogP contribution in [0.2, 0.25) is 0 Å². The molecule has 0 saturated heterocycles. The van der Waals surface area contributed by atoms with Gasteiger partial charge in [-0.2, -0.15) is 13.2 Å². The molecule has 35 heavy (non-hydrogen) atoms. The molecule has 4 aromatic rings. The number of benzene rings is 3. The van der Waals surface area contributed by atoms with E-state index >= 15 is 0 Å². The molecule has 180 valence electrons. The van der Waals surface area contributed by atoms with E-state index in [0.717, 1.165) is 16.7 Å². The highest BCUT2D eigenvalue weighted by molar-refractivity contribution is 5.55. The Balaban J connectivity index is 1.54. The van der Waals surface area contributed by atoms with E-state index in [9.17, 15) is 18.3 Å². The van der Waals surface area contributed by atoms with E-state index in [1.165, 1.54) is 0 Å². The number of para-hydroxylation sites is 1. The van der Waals surface area contributed by atoms with E-state index in [1.54, 1.807) is 41.6 Å². The van der Waals surface area contributed by atoms with E-state index < -0.39 is 18.8 Å². The monoisotopic (exact) mass is 479 g/mol. The van der Waals surface area contributed by atoms with Crippen molar-refractivity contribution < 1.29 is 23.0 Å². The van der Waals surface area contributed by atoms with Gasteiger partial charge in [0, 0.05) is 37.6 Å². The molecule has 0 fully saturated rings. The van der Waals surface area contributed by atoms with Crippen molar-refractivity contribution in [2.45, 2.75) is 25.4 Å². The van der Waals surface area contributed by atoms with Gasteiger partial charge < -0.3 is 9.84 Å². The van der Waals surface area contributed by atoms with Crippen LogP contribution in [0.25, 0.3) is 11.4 Å². The number of aliphatic hydroxyl groups excluding tert-OH is 1. The number of aliphatic hydroxyl groups is 1. The number of rotatable bonds is 9. The number of alkyl halides is 3. The molecule has 5 nitrogen and oxygen atoms in total. The minimum atomic E-state index is -4.71. The summed E-state index contributed by atoms with van der Waals surface area (Å²) in [6.07, 6.45) is -3.92. The van der Waals surface area contributed by atoms with Crippen LogP contribution in [-0.2, 0) is 13.1 Å². The van der Waals surface area contributed by atoms with Gasteiger partial charge in [-0.25, -0.2) is 9.97 Å². The molecule has 0 saturated carbocycles. The van der Waals surface area contributed by atoms with Crippen molar-refractivity contribution in [1.29, 1.82) is 0 Å². The summed E-state index contributed by atoms with van der Waals surface area (Å²) in [5.74, 6) is 1.77. The molecule has 0 aliphatic rings. The summed E-state index contributed by atoms with van der Waals surface area (Å²) in [7, 11) is 0. The lowest BCUT2D eigenvalue weighted by Gasteiger charge is -2.26. The molecule has 0 aliphatic heterocycles. The maximum absolute atomic E-state index is 13.2. The van der Waals surface area contributed by atoms with E-state index in [1.807, 2.05) is 60.7 Å². The van der Waals surface area contributed by atoms with E-state index in [2.05, 4.69) is 9.97 Å². The molecule has 1 N–H and O–H groups in total. The van der Waals surface area contributed by atoms with Crippen molar-refractivity contribution in [3.8, 4) is 22.9 Å². The molecule has 0 radical (unpaired) electrons. The standard InChI is InChI=1S/C27H24F3N3O2/c28-27(29,30)25(34)19-33(17-20-7-4-9-22(15-20)26-31-13-6-14-32-26)18-21-8-5-12-24(16-21)35-23-10-2-1-3-11-23/h1-16,25,34H,17-19H2. The van der Waals surface area contributed by atoms with Crippen LogP contribution in [0.1, 0.15) is 11.1 Å². The average molecular weight is 480 g/mol. The van der Waals surface area contributed by atoms with Crippen molar-refractivity contribution in [2.24, 2.45) is 0 Å². The second-order valence-electron chi connectivity index (χ2n) is 8.06. The van der Waals surface area contributed by atoms with Gasteiger partial charge in [-0.15, -0.1) is 0 Å². The highest BCUT2D eigenvalue weighted by atomic mass is 19.4. The predicted molar refractivity (Wildman–Crippen MR) is 127 cm³/mol. The molecule has 0 bridgehead atoms. The van der Waals surface area contributed by atoms with Gasteiger partial charge >= 0.3 is 6.18 Å². The number of ether oxygens (including phenoxy) is 1. The SMILES string of the molecule is OC(CN(Cc1cccc(Oc2ccccc2)c1)Cc1cccc(-c2ncccn2)c1)C(F)(F)F. The van der Waals surface area contributed by atoms with Gasteiger partial charge in [-0.3, -0.25) is 4.90 Å². The van der Waals surface area contributed by atoms with Crippen LogP contribution >= 0.6 is 0 Å². The summed E-state index contributed by atoms with van der Waals surface area (Å²) in [6.45, 7) is -0.192. The fourth-order valence-electron chi connectivity index (χ4n) is 3.64. The summed E-state index contributed by atoms with van der Waals surface area (Å²) in [5.41, 5.74) is 2.30. The first kappa shape index (κ1) is 24.4. The molecule has 0 aliphatic carbocycles. The summed E-state index contributed by atoms with van der Waals surface area (Å²) >= 11 is 0. The zero-order valence-corrected chi connectivity index (χ0v) is 18.8. The van der Waals surface area contributed by atoms with Crippen LogP contribution in [-0.4, -0.2) is 38.8 Å². The van der Waals surface area contributed by atoms with Gasteiger partial charge in [0.05, 0.1) is 0 Å². The van der Waals surface area contributed by atoms with Gasteiger partial charge in [-0.1, -0.05) is 48.5 Å². The molecule has 1 heterocycles. The number of aromatic nitrogens is 2. The molecule has 4 rings (SSSR count). The van der Waals surface area contributed by atoms with Crippen LogP contribution in [0.4, 0.5) is 13.2 Å². The normalized spacial score (nSPS) is 12.5. The second kappa shape index (κ2) is 11.1. The molecule has 1 unspecified atom stereocenters. The van der Waals surface area contributed by atoms with Crippen molar-refractivity contribution in [3.63, 3.8) is 0 Å².